The molecule has 1 aromatic carbocycles. The zero-order chi connectivity index (χ0) is 18.8. The molecule has 1 heterocycles. The molecule has 3 rings (SSSR count). The van der Waals surface area contributed by atoms with Crippen molar-refractivity contribution in [1.82, 2.24) is 5.06 Å². The van der Waals surface area contributed by atoms with Gasteiger partial charge < -0.3 is 0 Å². The van der Waals surface area contributed by atoms with Crippen LogP contribution in [0.3, 0.4) is 0 Å². The van der Waals surface area contributed by atoms with Gasteiger partial charge in [-0.3, -0.25) is 4.84 Å². The van der Waals surface area contributed by atoms with Crippen molar-refractivity contribution < 1.29 is 22.4 Å². The van der Waals surface area contributed by atoms with E-state index in [1.165, 1.54) is 6.07 Å². The molecule has 4 unspecified atom stereocenters. The minimum Gasteiger partial charge on any atom is -0.293 e. The highest BCUT2D eigenvalue weighted by Gasteiger charge is 2.55. The average Bonchev–Trinajstić information content (AvgIpc) is 2.66. The van der Waals surface area contributed by atoms with E-state index in [1.807, 2.05) is 32.9 Å². The summed E-state index contributed by atoms with van der Waals surface area (Å²) in [5.74, 6) is -0.433. The molecule has 1 aromatic rings. The molecule has 0 bridgehead atoms. The fraction of sp³-hybridized carbons (Fsp3) is 0.684. The Balaban J connectivity index is 2.02. The lowest BCUT2D eigenvalue weighted by Crippen LogP contribution is -2.48. The summed E-state index contributed by atoms with van der Waals surface area (Å²) in [5, 5.41) is 1.89. The van der Waals surface area contributed by atoms with Gasteiger partial charge in [-0.25, -0.2) is 4.39 Å². The molecule has 1 saturated heterocycles. The molecule has 0 radical (unpaired) electrons. The molecule has 2 fully saturated rings. The normalized spacial score (nSPS) is 35.6. The van der Waals surface area contributed by atoms with Crippen molar-refractivity contribution in [2.75, 3.05) is 7.05 Å². The number of benzene rings is 1. The Hall–Kier alpha value is -1.14. The Labute approximate surface area is 146 Å². The molecular formula is C19H25F4NO. The Morgan fingerprint density at radius 3 is 2.36 bits per heavy atom. The van der Waals surface area contributed by atoms with Crippen molar-refractivity contribution in [3.63, 3.8) is 0 Å². The molecule has 6 heteroatoms. The van der Waals surface area contributed by atoms with Crippen LogP contribution in [0, 0.1) is 17.7 Å². The van der Waals surface area contributed by atoms with Gasteiger partial charge in [0.2, 0.25) is 0 Å². The zero-order valence-electron chi connectivity index (χ0n) is 15.2. The van der Waals surface area contributed by atoms with Gasteiger partial charge in [-0.2, -0.15) is 18.2 Å². The number of hydrogen-bond acceptors (Lipinski definition) is 2. The van der Waals surface area contributed by atoms with E-state index in [4.69, 9.17) is 4.84 Å². The molecule has 1 aliphatic carbocycles. The number of hydrogen-bond donors (Lipinski definition) is 0. The number of hydroxylamine groups is 2. The molecule has 25 heavy (non-hydrogen) atoms. The first kappa shape index (κ1) is 18.6. The molecule has 1 aliphatic heterocycles. The van der Waals surface area contributed by atoms with Gasteiger partial charge in [-0.15, -0.1) is 0 Å². The van der Waals surface area contributed by atoms with Crippen molar-refractivity contribution in [3.8, 4) is 0 Å². The fourth-order valence-electron chi connectivity index (χ4n) is 5.02. The molecule has 2 aliphatic rings. The average molecular weight is 359 g/mol. The van der Waals surface area contributed by atoms with E-state index in [-0.39, 0.29) is 17.9 Å². The summed E-state index contributed by atoms with van der Waals surface area (Å²) in [6.07, 6.45) is -3.19. The number of fused-ring (bicyclic) bond motifs is 1. The first-order valence-corrected chi connectivity index (χ1v) is 8.64. The molecular weight excluding hydrogens is 334 g/mol. The van der Waals surface area contributed by atoms with Crippen molar-refractivity contribution in [2.24, 2.45) is 11.8 Å². The van der Waals surface area contributed by atoms with Gasteiger partial charge in [0.25, 0.3) is 0 Å². The third-order valence-electron chi connectivity index (χ3n) is 6.05. The van der Waals surface area contributed by atoms with Crippen molar-refractivity contribution in [1.29, 1.82) is 0 Å². The summed E-state index contributed by atoms with van der Waals surface area (Å²) >= 11 is 0. The van der Waals surface area contributed by atoms with Crippen LogP contribution in [0.15, 0.2) is 18.2 Å². The fourth-order valence-corrected chi connectivity index (χ4v) is 5.02. The van der Waals surface area contributed by atoms with Gasteiger partial charge >= 0.3 is 6.18 Å². The summed E-state index contributed by atoms with van der Waals surface area (Å²) < 4.78 is 53.3. The first-order valence-electron chi connectivity index (χ1n) is 8.64. The summed E-state index contributed by atoms with van der Waals surface area (Å²) in [7, 11) is 1.91. The van der Waals surface area contributed by atoms with Crippen LogP contribution in [0.5, 0.6) is 0 Å². The van der Waals surface area contributed by atoms with Gasteiger partial charge in [0, 0.05) is 19.0 Å². The molecule has 0 amide bonds. The van der Waals surface area contributed by atoms with E-state index < -0.39 is 28.6 Å². The minimum atomic E-state index is -4.55. The quantitative estimate of drug-likeness (QED) is 0.641. The first-order chi connectivity index (χ1) is 11.3. The summed E-state index contributed by atoms with van der Waals surface area (Å²) in [5.41, 5.74) is -1.41. The van der Waals surface area contributed by atoms with Crippen LogP contribution in [-0.4, -0.2) is 23.8 Å². The Morgan fingerprint density at radius 2 is 1.76 bits per heavy atom. The molecule has 4 atom stereocenters. The second-order valence-corrected chi connectivity index (χ2v) is 8.51. The molecule has 2 nitrogen and oxygen atoms in total. The monoisotopic (exact) mass is 359 g/mol. The molecule has 0 aromatic heterocycles. The maximum absolute atomic E-state index is 13.9. The summed E-state index contributed by atoms with van der Waals surface area (Å²) in [4.78, 5) is 5.98. The van der Waals surface area contributed by atoms with Crippen LogP contribution >= 0.6 is 0 Å². The van der Waals surface area contributed by atoms with Crippen molar-refractivity contribution >= 4 is 0 Å². The van der Waals surface area contributed by atoms with Crippen LogP contribution in [0.4, 0.5) is 17.6 Å². The summed E-state index contributed by atoms with van der Waals surface area (Å²) in [6.45, 7) is 8.07. The Kier molecular flexibility index (Phi) is 4.24. The lowest BCUT2D eigenvalue weighted by atomic mass is 9.59. The maximum atomic E-state index is 13.9. The van der Waals surface area contributed by atoms with Gasteiger partial charge in [0.05, 0.1) is 11.2 Å². The van der Waals surface area contributed by atoms with E-state index in [9.17, 15) is 17.6 Å². The maximum Gasteiger partial charge on any atom is 0.416 e. The molecule has 140 valence electrons. The van der Waals surface area contributed by atoms with E-state index >= 15 is 0 Å². The summed E-state index contributed by atoms with van der Waals surface area (Å²) in [6, 6.07) is 3.16. The smallest absolute Gasteiger partial charge is 0.293 e. The number of rotatable bonds is 1. The van der Waals surface area contributed by atoms with Gasteiger partial charge in [-0.1, -0.05) is 13.8 Å². The van der Waals surface area contributed by atoms with E-state index in [1.54, 1.807) is 0 Å². The highest BCUT2D eigenvalue weighted by atomic mass is 19.4. The van der Waals surface area contributed by atoms with E-state index in [0.29, 0.717) is 24.5 Å². The van der Waals surface area contributed by atoms with Gasteiger partial charge in [0.1, 0.15) is 5.82 Å². The van der Waals surface area contributed by atoms with Gasteiger partial charge in [-0.05, 0) is 61.8 Å². The van der Waals surface area contributed by atoms with Crippen molar-refractivity contribution in [2.45, 2.75) is 63.8 Å². The molecule has 0 N–H and O–H groups in total. The van der Waals surface area contributed by atoms with Crippen LogP contribution in [-0.2, 0) is 16.4 Å². The standard InChI is InChI=1S/C19H25F4NO/c1-11-9-18(4,10-15-16(11)24(5)25-17(15,2)3)12-6-13(19(21,22)23)8-14(20)7-12/h6-8,11,15-16H,9-10H2,1-5H3. The third kappa shape index (κ3) is 3.19. The predicted octanol–water partition coefficient (Wildman–Crippen LogP) is 5.17. The Bertz CT molecular complexity index is 672. The lowest BCUT2D eigenvalue weighted by molar-refractivity contribution is -0.182. The van der Waals surface area contributed by atoms with E-state index in [2.05, 4.69) is 6.92 Å². The number of halogens is 4. The van der Waals surface area contributed by atoms with Crippen molar-refractivity contribution in [3.05, 3.63) is 35.1 Å². The number of alkyl halides is 3. The third-order valence-corrected chi connectivity index (χ3v) is 6.05. The second kappa shape index (κ2) is 5.68. The molecule has 1 saturated carbocycles. The van der Waals surface area contributed by atoms with Crippen LogP contribution in [0.1, 0.15) is 51.7 Å². The molecule has 0 spiro atoms. The van der Waals surface area contributed by atoms with Crippen LogP contribution < -0.4 is 0 Å². The lowest BCUT2D eigenvalue weighted by Gasteiger charge is -2.46. The highest BCUT2D eigenvalue weighted by molar-refractivity contribution is 5.33. The predicted molar refractivity (Wildman–Crippen MR) is 87.4 cm³/mol. The zero-order valence-corrected chi connectivity index (χ0v) is 15.2. The number of nitrogens with zero attached hydrogens (tertiary/aromatic N) is 1. The van der Waals surface area contributed by atoms with Crippen LogP contribution in [0.25, 0.3) is 0 Å². The minimum absolute atomic E-state index is 0.170. The topological polar surface area (TPSA) is 12.5 Å². The second-order valence-electron chi connectivity index (χ2n) is 8.51. The van der Waals surface area contributed by atoms with Gasteiger partial charge in [0.15, 0.2) is 0 Å². The largest absolute Gasteiger partial charge is 0.416 e. The Morgan fingerprint density at radius 1 is 1.12 bits per heavy atom. The van der Waals surface area contributed by atoms with E-state index in [0.717, 1.165) is 6.07 Å². The van der Waals surface area contributed by atoms with Crippen LogP contribution in [0.2, 0.25) is 0 Å². The highest BCUT2D eigenvalue weighted by Crippen LogP contribution is 2.53. The SMILES string of the molecule is CC1CC(C)(c2cc(F)cc(C(F)(F)F)c2)CC2C1N(C)OC2(C)C.